The smallest absolute Gasteiger partial charge is 0.355 e. The molecule has 2 rings (SSSR count). The maximum atomic E-state index is 12.5. The number of amides is 1. The highest BCUT2D eigenvalue weighted by Crippen LogP contribution is 2.29. The van der Waals surface area contributed by atoms with E-state index in [4.69, 9.17) is 0 Å². The Morgan fingerprint density at radius 3 is 2.48 bits per heavy atom. The molecule has 0 spiro atoms. The molecule has 2 aromatic rings. The van der Waals surface area contributed by atoms with Gasteiger partial charge in [-0.3, -0.25) is 9.79 Å². The molecule has 0 atom stereocenters. The van der Waals surface area contributed by atoms with E-state index >= 15 is 0 Å². The zero-order valence-corrected chi connectivity index (χ0v) is 18.3. The fraction of sp³-hybridized carbons (Fsp3) is 0.429. The Hall–Kier alpha value is -1.48. The summed E-state index contributed by atoms with van der Waals surface area (Å²) in [6.45, 7) is 2.63. The van der Waals surface area contributed by atoms with Crippen LogP contribution in [0.25, 0.3) is 0 Å². The molecule has 1 amide bonds. The first kappa shape index (κ1) is 23.6. The van der Waals surface area contributed by atoms with Gasteiger partial charge in [0, 0.05) is 25.5 Å². The van der Waals surface area contributed by atoms with Crippen molar-refractivity contribution in [2.24, 2.45) is 4.99 Å². The number of hydrogen-bond acceptors (Lipinski definition) is 6. The quantitative estimate of drug-likeness (QED) is 0.230. The van der Waals surface area contributed by atoms with E-state index in [0.29, 0.717) is 34.6 Å². The number of nitrogens with one attached hydrogen (secondary N) is 3. The highest BCUT2D eigenvalue weighted by atomic mass is 127. The number of halogens is 4. The molecule has 27 heavy (non-hydrogen) atoms. The van der Waals surface area contributed by atoms with E-state index in [2.05, 4.69) is 30.9 Å². The first-order valence-corrected chi connectivity index (χ1v) is 9.21. The van der Waals surface area contributed by atoms with Gasteiger partial charge in [-0.1, -0.05) is 0 Å². The molecule has 7 nitrogen and oxygen atoms in total. The van der Waals surface area contributed by atoms with Crippen molar-refractivity contribution >= 4 is 58.5 Å². The third-order valence-electron chi connectivity index (χ3n) is 3.13. The van der Waals surface area contributed by atoms with E-state index in [9.17, 15) is 18.0 Å². The molecule has 0 aromatic carbocycles. The summed E-state index contributed by atoms with van der Waals surface area (Å²) in [6, 6.07) is 0. The van der Waals surface area contributed by atoms with E-state index in [1.807, 2.05) is 0 Å². The van der Waals surface area contributed by atoms with E-state index in [1.54, 1.807) is 12.4 Å². The number of rotatable bonds is 6. The van der Waals surface area contributed by atoms with Crippen LogP contribution < -0.4 is 16.0 Å². The van der Waals surface area contributed by atoms with Crippen molar-refractivity contribution in [1.82, 2.24) is 25.9 Å². The van der Waals surface area contributed by atoms with Gasteiger partial charge in [-0.05, 0) is 6.92 Å². The van der Waals surface area contributed by atoms with Crippen molar-refractivity contribution in [3.8, 4) is 0 Å². The Bertz CT molecular complexity index is 777. The molecular formula is C14H18F3IN6OS2. The summed E-state index contributed by atoms with van der Waals surface area (Å²) in [5.41, 5.74) is 1.39. The average molecular weight is 534 g/mol. The Kier molecular flexibility index (Phi) is 9.38. The summed E-state index contributed by atoms with van der Waals surface area (Å²) in [5, 5.41) is 9.86. The van der Waals surface area contributed by atoms with Crippen molar-refractivity contribution < 1.29 is 18.0 Å². The standard InChI is InChI=1S/C14H17F3N6OS2.HI/c1-8-11(26-7-22-8)12(24)19-3-4-20-13(18-2)21-5-10-23-9(6-25-10)14(15,16)17;/h6-7H,3-5H2,1-2H3,(H,19,24)(H2,18,20,21);1H. The highest BCUT2D eigenvalue weighted by molar-refractivity contribution is 14.0. The lowest BCUT2D eigenvalue weighted by molar-refractivity contribution is -0.140. The number of guanidine groups is 1. The van der Waals surface area contributed by atoms with Gasteiger partial charge >= 0.3 is 6.18 Å². The molecule has 0 saturated heterocycles. The summed E-state index contributed by atoms with van der Waals surface area (Å²) in [6.07, 6.45) is -4.44. The Morgan fingerprint density at radius 1 is 1.22 bits per heavy atom. The third-order valence-corrected chi connectivity index (χ3v) is 4.90. The van der Waals surface area contributed by atoms with Crippen molar-refractivity contribution in [1.29, 1.82) is 0 Å². The molecule has 0 aliphatic carbocycles. The van der Waals surface area contributed by atoms with E-state index in [0.717, 1.165) is 16.7 Å². The molecule has 0 radical (unpaired) electrons. The monoisotopic (exact) mass is 534 g/mol. The van der Waals surface area contributed by atoms with Crippen LogP contribution in [0, 0.1) is 6.92 Å². The van der Waals surface area contributed by atoms with Gasteiger partial charge in [0.05, 0.1) is 17.7 Å². The summed E-state index contributed by atoms with van der Waals surface area (Å²) >= 11 is 2.19. The van der Waals surface area contributed by atoms with Crippen molar-refractivity contribution in [2.45, 2.75) is 19.6 Å². The number of aliphatic imine (C=N–C) groups is 1. The number of hydrogen-bond donors (Lipinski definition) is 3. The van der Waals surface area contributed by atoms with Crippen LogP contribution in [-0.4, -0.2) is 42.0 Å². The van der Waals surface area contributed by atoms with Gasteiger partial charge in [0.15, 0.2) is 11.7 Å². The number of nitrogens with zero attached hydrogens (tertiary/aromatic N) is 3. The molecule has 0 saturated carbocycles. The molecule has 0 bridgehead atoms. The van der Waals surface area contributed by atoms with Crippen LogP contribution in [-0.2, 0) is 12.7 Å². The maximum Gasteiger partial charge on any atom is 0.434 e. The van der Waals surface area contributed by atoms with Gasteiger partial charge in [0.25, 0.3) is 5.91 Å². The van der Waals surface area contributed by atoms with Gasteiger partial charge in [-0.25, -0.2) is 9.97 Å². The van der Waals surface area contributed by atoms with Crippen LogP contribution in [0.3, 0.4) is 0 Å². The fourth-order valence-electron chi connectivity index (χ4n) is 1.86. The Labute approximate surface area is 178 Å². The predicted octanol–water partition coefficient (Wildman–Crippen LogP) is 2.64. The minimum Gasteiger partial charge on any atom is -0.355 e. The van der Waals surface area contributed by atoms with E-state index in [-0.39, 0.29) is 36.4 Å². The van der Waals surface area contributed by atoms with E-state index in [1.165, 1.54) is 18.4 Å². The molecule has 13 heteroatoms. The third kappa shape index (κ3) is 7.21. The van der Waals surface area contributed by atoms with Gasteiger partial charge in [-0.15, -0.1) is 46.7 Å². The minimum atomic E-state index is -4.44. The van der Waals surface area contributed by atoms with Crippen LogP contribution in [0.4, 0.5) is 13.2 Å². The van der Waals surface area contributed by atoms with Gasteiger partial charge < -0.3 is 16.0 Å². The zero-order valence-electron chi connectivity index (χ0n) is 14.4. The Balaban J connectivity index is 0.00000364. The van der Waals surface area contributed by atoms with Crippen molar-refractivity contribution in [2.75, 3.05) is 20.1 Å². The lowest BCUT2D eigenvalue weighted by Gasteiger charge is -2.11. The Morgan fingerprint density at radius 2 is 1.93 bits per heavy atom. The maximum absolute atomic E-state index is 12.5. The van der Waals surface area contributed by atoms with Crippen LogP contribution in [0.5, 0.6) is 0 Å². The summed E-state index contributed by atoms with van der Waals surface area (Å²) in [4.78, 5) is 24.0. The molecule has 150 valence electrons. The van der Waals surface area contributed by atoms with Gasteiger partial charge in [0.2, 0.25) is 0 Å². The van der Waals surface area contributed by atoms with Crippen molar-refractivity contribution in [3.05, 3.63) is 32.2 Å². The lowest BCUT2D eigenvalue weighted by Crippen LogP contribution is -2.41. The van der Waals surface area contributed by atoms with Crippen molar-refractivity contribution in [3.63, 3.8) is 0 Å². The number of alkyl halides is 3. The SMILES string of the molecule is CN=C(NCCNC(=O)c1scnc1C)NCc1nc(C(F)(F)F)cs1.I. The van der Waals surface area contributed by atoms with Gasteiger partial charge in [0.1, 0.15) is 9.88 Å². The largest absolute Gasteiger partial charge is 0.434 e. The van der Waals surface area contributed by atoms with Crippen LogP contribution in [0.1, 0.15) is 26.1 Å². The number of carbonyl (C=O) groups excluding carboxylic acids is 1. The molecule has 0 aliphatic heterocycles. The molecule has 0 unspecified atom stereocenters. The van der Waals surface area contributed by atoms with Gasteiger partial charge in [-0.2, -0.15) is 13.2 Å². The first-order chi connectivity index (χ1) is 12.3. The fourth-order valence-corrected chi connectivity index (χ4v) is 3.32. The zero-order chi connectivity index (χ0) is 19.2. The molecule has 2 heterocycles. The predicted molar refractivity (Wildman–Crippen MR) is 110 cm³/mol. The van der Waals surface area contributed by atoms with Crippen LogP contribution in [0.15, 0.2) is 15.9 Å². The molecular weight excluding hydrogens is 516 g/mol. The van der Waals surface area contributed by atoms with Crippen LogP contribution in [0.2, 0.25) is 0 Å². The average Bonchev–Trinajstić information content (AvgIpc) is 3.22. The van der Waals surface area contributed by atoms with Crippen LogP contribution >= 0.6 is 46.7 Å². The minimum absolute atomic E-state index is 0. The highest BCUT2D eigenvalue weighted by Gasteiger charge is 2.33. The lowest BCUT2D eigenvalue weighted by atomic mass is 10.4. The summed E-state index contributed by atoms with van der Waals surface area (Å²) in [5.74, 6) is 0.203. The number of aryl methyl sites for hydroxylation is 1. The second kappa shape index (κ2) is 10.8. The van der Waals surface area contributed by atoms with E-state index < -0.39 is 11.9 Å². The number of thiazole rings is 2. The normalized spacial score (nSPS) is 11.7. The molecule has 0 aliphatic rings. The summed E-state index contributed by atoms with van der Waals surface area (Å²) in [7, 11) is 1.54. The molecule has 2 aromatic heterocycles. The number of aromatic nitrogens is 2. The molecule has 0 fully saturated rings. The summed E-state index contributed by atoms with van der Waals surface area (Å²) < 4.78 is 37.5. The topological polar surface area (TPSA) is 91.3 Å². The second-order valence-electron chi connectivity index (χ2n) is 5.00. The second-order valence-corrected chi connectivity index (χ2v) is 6.80. The first-order valence-electron chi connectivity index (χ1n) is 7.45. The molecule has 3 N–H and O–H groups in total. The number of carbonyl (C=O) groups is 1.